The van der Waals surface area contributed by atoms with Crippen LogP contribution in [0.2, 0.25) is 0 Å². The monoisotopic (exact) mass is 354 g/mol. The number of Topliss-reactive ketones (excluding diaryl/α,β-unsaturated/α-hetero) is 1. The number of alkyl halides is 6. The molecular formula is C16H16F6O2. The Balaban J connectivity index is 2.28. The van der Waals surface area contributed by atoms with Gasteiger partial charge in [0.05, 0.1) is 17.2 Å². The Morgan fingerprint density at radius 2 is 1.54 bits per heavy atom. The van der Waals surface area contributed by atoms with E-state index in [1.165, 1.54) is 0 Å². The maximum Gasteiger partial charge on any atom is 0.416 e. The van der Waals surface area contributed by atoms with Gasteiger partial charge in [-0.3, -0.25) is 4.79 Å². The van der Waals surface area contributed by atoms with E-state index in [-0.39, 0.29) is 12.5 Å². The number of halogens is 6. The van der Waals surface area contributed by atoms with Crippen molar-refractivity contribution in [3.05, 3.63) is 34.9 Å². The van der Waals surface area contributed by atoms with E-state index in [9.17, 15) is 31.1 Å². The fourth-order valence-corrected chi connectivity index (χ4v) is 2.59. The van der Waals surface area contributed by atoms with Crippen molar-refractivity contribution in [2.24, 2.45) is 0 Å². The summed E-state index contributed by atoms with van der Waals surface area (Å²) in [4.78, 5) is 12.2. The van der Waals surface area contributed by atoms with Gasteiger partial charge in [0, 0.05) is 18.6 Å². The number of hydrogen-bond donors (Lipinski definition) is 0. The van der Waals surface area contributed by atoms with Crippen molar-refractivity contribution in [3.63, 3.8) is 0 Å². The molecule has 24 heavy (non-hydrogen) atoms. The predicted octanol–water partition coefficient (Wildman–Crippen LogP) is 5.26. The van der Waals surface area contributed by atoms with Crippen LogP contribution in [0.4, 0.5) is 26.3 Å². The van der Waals surface area contributed by atoms with Crippen LogP contribution in [0.25, 0.3) is 0 Å². The lowest BCUT2D eigenvalue weighted by atomic mass is 9.97. The van der Waals surface area contributed by atoms with E-state index in [0.29, 0.717) is 25.2 Å². The molecule has 0 aliphatic carbocycles. The van der Waals surface area contributed by atoms with E-state index in [0.717, 1.165) is 19.3 Å². The molecule has 1 aliphatic rings. The lowest BCUT2D eigenvalue weighted by molar-refractivity contribution is -0.143. The summed E-state index contributed by atoms with van der Waals surface area (Å²) in [5, 5.41) is 0. The molecule has 2 rings (SSSR count). The van der Waals surface area contributed by atoms with Crippen LogP contribution < -0.4 is 0 Å². The molecule has 0 spiro atoms. The van der Waals surface area contributed by atoms with Gasteiger partial charge in [0.1, 0.15) is 0 Å². The summed E-state index contributed by atoms with van der Waals surface area (Å²) in [7, 11) is 0. The van der Waals surface area contributed by atoms with Gasteiger partial charge < -0.3 is 4.74 Å². The summed E-state index contributed by atoms with van der Waals surface area (Å²) >= 11 is 0. The minimum Gasteiger partial charge on any atom is -0.378 e. The van der Waals surface area contributed by atoms with Crippen molar-refractivity contribution >= 4 is 5.78 Å². The van der Waals surface area contributed by atoms with Crippen molar-refractivity contribution < 1.29 is 35.9 Å². The van der Waals surface area contributed by atoms with Crippen LogP contribution in [0.1, 0.15) is 53.6 Å². The zero-order chi connectivity index (χ0) is 18.0. The molecule has 8 heteroatoms. The van der Waals surface area contributed by atoms with Crippen molar-refractivity contribution in [3.8, 4) is 0 Å². The number of ketones is 1. The average molecular weight is 354 g/mol. The second-order valence-electron chi connectivity index (χ2n) is 5.76. The van der Waals surface area contributed by atoms with Crippen LogP contribution in [-0.4, -0.2) is 18.5 Å². The number of carbonyl (C=O) groups is 1. The third-order valence-corrected chi connectivity index (χ3v) is 3.85. The standard InChI is InChI=1S/C16H16F6O2/c17-15(18,19)11-6-10(7-12(8-11)16(20,21)22)14(23)9-13-4-2-1-3-5-24-13/h6-8,13H,1-5,9H2/t13-/m0/s1. The molecule has 0 radical (unpaired) electrons. The first kappa shape index (κ1) is 18.8. The van der Waals surface area contributed by atoms with Crippen molar-refractivity contribution in [1.29, 1.82) is 0 Å². The van der Waals surface area contributed by atoms with Crippen molar-refractivity contribution in [1.82, 2.24) is 0 Å². The molecule has 0 bridgehead atoms. The molecule has 1 heterocycles. The molecular weight excluding hydrogens is 338 g/mol. The van der Waals surface area contributed by atoms with Crippen LogP contribution in [0.3, 0.4) is 0 Å². The van der Waals surface area contributed by atoms with E-state index < -0.39 is 40.9 Å². The molecule has 0 unspecified atom stereocenters. The first-order valence-electron chi connectivity index (χ1n) is 7.51. The number of benzene rings is 1. The largest absolute Gasteiger partial charge is 0.416 e. The van der Waals surface area contributed by atoms with Gasteiger partial charge in [0.15, 0.2) is 5.78 Å². The predicted molar refractivity (Wildman–Crippen MR) is 73.6 cm³/mol. The molecule has 1 aromatic rings. The number of rotatable bonds is 3. The van der Waals surface area contributed by atoms with Crippen LogP contribution in [0, 0.1) is 0 Å². The summed E-state index contributed by atoms with van der Waals surface area (Å²) in [6, 6.07) is 0.946. The van der Waals surface area contributed by atoms with E-state index >= 15 is 0 Å². The summed E-state index contributed by atoms with van der Waals surface area (Å²) in [6.07, 6.45) is -7.49. The molecule has 1 saturated heterocycles. The molecule has 1 atom stereocenters. The maximum absolute atomic E-state index is 12.8. The van der Waals surface area contributed by atoms with Crippen molar-refractivity contribution in [2.75, 3.05) is 6.61 Å². The Labute approximate surface area is 134 Å². The summed E-state index contributed by atoms with van der Waals surface area (Å²) < 4.78 is 82.3. The topological polar surface area (TPSA) is 26.3 Å². The highest BCUT2D eigenvalue weighted by Crippen LogP contribution is 2.36. The van der Waals surface area contributed by atoms with E-state index in [2.05, 4.69) is 0 Å². The van der Waals surface area contributed by atoms with Crippen LogP contribution in [-0.2, 0) is 17.1 Å². The van der Waals surface area contributed by atoms with Gasteiger partial charge in [-0.05, 0) is 31.0 Å². The smallest absolute Gasteiger partial charge is 0.378 e. The lowest BCUT2D eigenvalue weighted by Gasteiger charge is -2.16. The Hall–Kier alpha value is -1.57. The number of carbonyl (C=O) groups excluding carboxylic acids is 1. The van der Waals surface area contributed by atoms with Gasteiger partial charge in [-0.2, -0.15) is 26.3 Å². The van der Waals surface area contributed by atoms with Crippen LogP contribution in [0.5, 0.6) is 0 Å². The summed E-state index contributed by atoms with van der Waals surface area (Å²) in [5.74, 6) is -0.779. The minimum atomic E-state index is -4.96. The lowest BCUT2D eigenvalue weighted by Crippen LogP contribution is -2.19. The van der Waals surface area contributed by atoms with Gasteiger partial charge in [-0.15, -0.1) is 0 Å². The minimum absolute atomic E-state index is 0.0128. The second kappa shape index (κ2) is 7.13. The van der Waals surface area contributed by atoms with Gasteiger partial charge in [0.25, 0.3) is 0 Å². The molecule has 2 nitrogen and oxygen atoms in total. The average Bonchev–Trinajstić information content (AvgIpc) is 2.73. The highest BCUT2D eigenvalue weighted by Gasteiger charge is 2.37. The second-order valence-corrected chi connectivity index (χ2v) is 5.76. The zero-order valence-corrected chi connectivity index (χ0v) is 12.6. The fraction of sp³-hybridized carbons (Fsp3) is 0.562. The molecule has 1 aromatic carbocycles. The van der Waals surface area contributed by atoms with Gasteiger partial charge >= 0.3 is 12.4 Å². The Morgan fingerprint density at radius 3 is 2.08 bits per heavy atom. The Bertz CT molecular complexity index is 551. The van der Waals surface area contributed by atoms with Crippen molar-refractivity contribution in [2.45, 2.75) is 50.6 Å². The maximum atomic E-state index is 12.8. The van der Waals surface area contributed by atoms with E-state index in [4.69, 9.17) is 4.74 Å². The third-order valence-electron chi connectivity index (χ3n) is 3.85. The summed E-state index contributed by atoms with van der Waals surface area (Å²) in [5.41, 5.74) is -3.56. The molecule has 1 fully saturated rings. The molecule has 0 N–H and O–H groups in total. The molecule has 134 valence electrons. The normalized spacial score (nSPS) is 19.8. The van der Waals surface area contributed by atoms with Gasteiger partial charge in [-0.25, -0.2) is 0 Å². The number of ether oxygens (including phenoxy) is 1. The van der Waals surface area contributed by atoms with Crippen LogP contribution >= 0.6 is 0 Å². The molecule has 1 aliphatic heterocycles. The van der Waals surface area contributed by atoms with E-state index in [1.54, 1.807) is 0 Å². The zero-order valence-electron chi connectivity index (χ0n) is 12.6. The fourth-order valence-electron chi connectivity index (χ4n) is 2.59. The Morgan fingerprint density at radius 1 is 0.958 bits per heavy atom. The van der Waals surface area contributed by atoms with Gasteiger partial charge in [-0.1, -0.05) is 12.8 Å². The third kappa shape index (κ3) is 4.96. The molecule has 0 amide bonds. The highest BCUT2D eigenvalue weighted by molar-refractivity contribution is 5.96. The quantitative estimate of drug-likeness (QED) is 0.547. The first-order valence-corrected chi connectivity index (χ1v) is 7.51. The molecule has 0 saturated carbocycles. The Kier molecular flexibility index (Phi) is 5.57. The first-order chi connectivity index (χ1) is 11.1. The van der Waals surface area contributed by atoms with Crippen LogP contribution in [0.15, 0.2) is 18.2 Å². The SMILES string of the molecule is O=C(C[C@@H]1CCCCCO1)c1cc(C(F)(F)F)cc(C(F)(F)F)c1. The van der Waals surface area contributed by atoms with E-state index in [1.807, 2.05) is 0 Å². The highest BCUT2D eigenvalue weighted by atomic mass is 19.4. The molecule has 0 aromatic heterocycles. The number of hydrogen-bond acceptors (Lipinski definition) is 2. The summed E-state index contributed by atoms with van der Waals surface area (Å²) in [6.45, 7) is 0.439. The van der Waals surface area contributed by atoms with Gasteiger partial charge in [0.2, 0.25) is 0 Å².